The van der Waals surface area contributed by atoms with Crippen LogP contribution in [0.15, 0.2) is 22.8 Å². The van der Waals surface area contributed by atoms with Gasteiger partial charge >= 0.3 is 0 Å². The second-order valence-electron chi connectivity index (χ2n) is 5.30. The van der Waals surface area contributed by atoms with E-state index >= 15 is 0 Å². The number of rotatable bonds is 5. The first-order valence-electron chi connectivity index (χ1n) is 6.60. The predicted molar refractivity (Wildman–Crippen MR) is 85.2 cm³/mol. The highest BCUT2D eigenvalue weighted by Crippen LogP contribution is 2.31. The average Bonchev–Trinajstić information content (AvgIpc) is 2.87. The molecule has 1 unspecified atom stereocenters. The molecule has 0 spiro atoms. The minimum Gasteiger partial charge on any atom is -0.350 e. The molecule has 1 N–H and O–H groups in total. The van der Waals surface area contributed by atoms with Crippen molar-refractivity contribution in [2.45, 2.75) is 49.9 Å². The maximum absolute atomic E-state index is 12.2. The Bertz CT molecular complexity index is 609. The number of carbonyl (C=O) groups excluding carboxylic acids is 1. The van der Waals surface area contributed by atoms with Crippen molar-refractivity contribution in [3.05, 3.63) is 17.8 Å². The highest BCUT2D eigenvalue weighted by molar-refractivity contribution is 8.00. The van der Waals surface area contributed by atoms with Gasteiger partial charge in [0, 0.05) is 5.54 Å². The number of nitrogens with one attached hydrogen (secondary N) is 1. The first-order valence-corrected chi connectivity index (χ1v) is 8.36. The van der Waals surface area contributed by atoms with Crippen LogP contribution >= 0.6 is 23.1 Å². The van der Waals surface area contributed by atoms with Crippen LogP contribution < -0.4 is 5.32 Å². The number of amides is 1. The fourth-order valence-corrected chi connectivity index (χ4v) is 3.43. The number of fused-ring (bicyclic) bond motifs is 1. The Balaban J connectivity index is 2.09. The molecule has 1 amide bonds. The number of thioether (sulfide) groups is 1. The van der Waals surface area contributed by atoms with Crippen LogP contribution in [0.4, 0.5) is 0 Å². The van der Waals surface area contributed by atoms with E-state index in [0.717, 1.165) is 21.7 Å². The Morgan fingerprint density at radius 1 is 1.50 bits per heavy atom. The van der Waals surface area contributed by atoms with Crippen LogP contribution in [-0.4, -0.2) is 26.7 Å². The van der Waals surface area contributed by atoms with Gasteiger partial charge in [-0.3, -0.25) is 4.79 Å². The van der Waals surface area contributed by atoms with E-state index in [1.807, 2.05) is 32.2 Å². The standard InChI is InChI=1S/C14H19N3OS2/c1-5-14(3,4)17-12(18)9(2)20-13-11-10(6-7-19-11)15-8-16-13/h6-9H,5H2,1-4H3,(H,17,18). The monoisotopic (exact) mass is 309 g/mol. The fourth-order valence-electron chi connectivity index (χ4n) is 1.59. The normalized spacial score (nSPS) is 13.4. The quantitative estimate of drug-likeness (QED) is 0.678. The lowest BCUT2D eigenvalue weighted by Crippen LogP contribution is -2.46. The van der Waals surface area contributed by atoms with Crippen molar-refractivity contribution >= 4 is 39.2 Å². The van der Waals surface area contributed by atoms with Gasteiger partial charge < -0.3 is 5.32 Å². The van der Waals surface area contributed by atoms with Crippen LogP contribution in [0, 0.1) is 0 Å². The summed E-state index contributed by atoms with van der Waals surface area (Å²) in [5, 5.41) is 5.76. The summed E-state index contributed by atoms with van der Waals surface area (Å²) in [5.74, 6) is 0.0465. The number of hydrogen-bond donors (Lipinski definition) is 1. The molecular weight excluding hydrogens is 290 g/mol. The van der Waals surface area contributed by atoms with Crippen molar-refractivity contribution in [1.82, 2.24) is 15.3 Å². The number of hydrogen-bond acceptors (Lipinski definition) is 5. The molecule has 2 heterocycles. The molecule has 4 nitrogen and oxygen atoms in total. The summed E-state index contributed by atoms with van der Waals surface area (Å²) in [7, 11) is 0. The lowest BCUT2D eigenvalue weighted by molar-refractivity contribution is -0.121. The Labute approximate surface area is 127 Å². The van der Waals surface area contributed by atoms with E-state index in [0.29, 0.717) is 0 Å². The number of aromatic nitrogens is 2. The maximum atomic E-state index is 12.2. The maximum Gasteiger partial charge on any atom is 0.233 e. The molecule has 0 aliphatic heterocycles. The van der Waals surface area contributed by atoms with Crippen molar-refractivity contribution in [3.8, 4) is 0 Å². The van der Waals surface area contributed by atoms with E-state index in [1.54, 1.807) is 17.7 Å². The first-order chi connectivity index (χ1) is 9.43. The molecule has 2 rings (SSSR count). The van der Waals surface area contributed by atoms with Gasteiger partial charge in [-0.2, -0.15) is 0 Å². The van der Waals surface area contributed by atoms with Crippen molar-refractivity contribution in [2.24, 2.45) is 0 Å². The van der Waals surface area contributed by atoms with E-state index < -0.39 is 0 Å². The summed E-state index contributed by atoms with van der Waals surface area (Å²) in [6, 6.07) is 1.97. The Hall–Kier alpha value is -1.14. The average molecular weight is 309 g/mol. The molecule has 20 heavy (non-hydrogen) atoms. The van der Waals surface area contributed by atoms with Gasteiger partial charge in [0.2, 0.25) is 5.91 Å². The number of nitrogens with zero attached hydrogens (tertiary/aromatic N) is 2. The Kier molecular flexibility index (Phi) is 4.65. The molecule has 0 fully saturated rings. The van der Waals surface area contributed by atoms with Crippen molar-refractivity contribution < 1.29 is 4.79 Å². The highest BCUT2D eigenvalue weighted by Gasteiger charge is 2.23. The van der Waals surface area contributed by atoms with Crippen LogP contribution in [0.3, 0.4) is 0 Å². The minimum absolute atomic E-state index is 0.0465. The lowest BCUT2D eigenvalue weighted by atomic mass is 10.0. The zero-order valence-corrected chi connectivity index (χ0v) is 13.8. The SMILES string of the molecule is CCC(C)(C)NC(=O)C(C)Sc1ncnc2ccsc12. The third-order valence-electron chi connectivity index (χ3n) is 3.21. The summed E-state index contributed by atoms with van der Waals surface area (Å²) in [4.78, 5) is 20.7. The zero-order valence-electron chi connectivity index (χ0n) is 12.1. The number of thiophene rings is 1. The molecule has 0 aromatic carbocycles. The van der Waals surface area contributed by atoms with Gasteiger partial charge in [-0.1, -0.05) is 18.7 Å². The van der Waals surface area contributed by atoms with Crippen LogP contribution in [0.25, 0.3) is 10.2 Å². The Morgan fingerprint density at radius 3 is 2.95 bits per heavy atom. The van der Waals surface area contributed by atoms with Crippen molar-refractivity contribution in [1.29, 1.82) is 0 Å². The second-order valence-corrected chi connectivity index (χ2v) is 7.55. The predicted octanol–water partition coefficient (Wildman–Crippen LogP) is 3.48. The molecule has 2 aromatic heterocycles. The lowest BCUT2D eigenvalue weighted by Gasteiger charge is -2.26. The zero-order chi connectivity index (χ0) is 14.8. The summed E-state index contributed by atoms with van der Waals surface area (Å²) in [6.07, 6.45) is 2.46. The van der Waals surface area contributed by atoms with E-state index in [4.69, 9.17) is 0 Å². The topological polar surface area (TPSA) is 54.9 Å². The van der Waals surface area contributed by atoms with E-state index in [2.05, 4.69) is 22.2 Å². The van der Waals surface area contributed by atoms with Crippen molar-refractivity contribution in [2.75, 3.05) is 0 Å². The minimum atomic E-state index is -0.180. The largest absolute Gasteiger partial charge is 0.350 e. The smallest absolute Gasteiger partial charge is 0.233 e. The van der Waals surface area contributed by atoms with Gasteiger partial charge in [0.1, 0.15) is 11.4 Å². The summed E-state index contributed by atoms with van der Waals surface area (Å²) in [6.45, 7) is 8.04. The van der Waals surface area contributed by atoms with Crippen LogP contribution in [0.2, 0.25) is 0 Å². The van der Waals surface area contributed by atoms with Gasteiger partial charge in [-0.25, -0.2) is 9.97 Å². The molecule has 0 saturated carbocycles. The number of carbonyl (C=O) groups is 1. The molecule has 0 saturated heterocycles. The van der Waals surface area contributed by atoms with Crippen LogP contribution in [0.5, 0.6) is 0 Å². The second kappa shape index (κ2) is 6.10. The molecule has 0 aliphatic carbocycles. The summed E-state index contributed by atoms with van der Waals surface area (Å²) >= 11 is 3.09. The van der Waals surface area contributed by atoms with Crippen molar-refractivity contribution in [3.63, 3.8) is 0 Å². The Morgan fingerprint density at radius 2 is 2.25 bits per heavy atom. The van der Waals surface area contributed by atoms with Gasteiger partial charge in [0.25, 0.3) is 0 Å². The van der Waals surface area contributed by atoms with E-state index in [-0.39, 0.29) is 16.7 Å². The third kappa shape index (κ3) is 3.49. The molecular formula is C14H19N3OS2. The molecule has 1 atom stereocenters. The summed E-state index contributed by atoms with van der Waals surface area (Å²) < 4.78 is 1.05. The molecule has 0 bridgehead atoms. The van der Waals surface area contributed by atoms with E-state index in [1.165, 1.54) is 11.8 Å². The molecule has 108 valence electrons. The van der Waals surface area contributed by atoms with Crippen LogP contribution in [-0.2, 0) is 4.79 Å². The van der Waals surface area contributed by atoms with Gasteiger partial charge in [-0.15, -0.1) is 11.3 Å². The van der Waals surface area contributed by atoms with Gasteiger partial charge in [-0.05, 0) is 38.6 Å². The molecule has 2 aromatic rings. The molecule has 0 aliphatic rings. The first kappa shape index (κ1) is 15.3. The van der Waals surface area contributed by atoms with Gasteiger partial charge in [0.05, 0.1) is 15.5 Å². The van der Waals surface area contributed by atoms with Gasteiger partial charge in [0.15, 0.2) is 0 Å². The molecule has 0 radical (unpaired) electrons. The van der Waals surface area contributed by atoms with E-state index in [9.17, 15) is 4.79 Å². The highest BCUT2D eigenvalue weighted by atomic mass is 32.2. The summed E-state index contributed by atoms with van der Waals surface area (Å²) in [5.41, 5.74) is 0.768. The third-order valence-corrected chi connectivity index (χ3v) is 5.35. The molecule has 6 heteroatoms. The van der Waals surface area contributed by atoms with Crippen LogP contribution in [0.1, 0.15) is 34.1 Å². The fraction of sp³-hybridized carbons (Fsp3) is 0.500.